The average Bonchev–Trinajstić information content (AvgIpc) is 3.32. The van der Waals surface area contributed by atoms with E-state index in [2.05, 4.69) is 10.1 Å². The van der Waals surface area contributed by atoms with Gasteiger partial charge in [0.25, 0.3) is 5.56 Å². The van der Waals surface area contributed by atoms with Gasteiger partial charge in [0.15, 0.2) is 17.3 Å². The van der Waals surface area contributed by atoms with E-state index in [1.807, 2.05) is 0 Å². The molecule has 6 nitrogen and oxygen atoms in total. The van der Waals surface area contributed by atoms with Gasteiger partial charge in [-0.15, -0.1) is 0 Å². The number of rotatable bonds is 3. The summed E-state index contributed by atoms with van der Waals surface area (Å²) in [7, 11) is 0. The third-order valence-corrected chi connectivity index (χ3v) is 4.42. The summed E-state index contributed by atoms with van der Waals surface area (Å²) in [5.41, 5.74) is -0.181. The van der Waals surface area contributed by atoms with E-state index in [0.717, 1.165) is 17.4 Å². The Hall–Kier alpha value is -3.03. The molecule has 4 rings (SSSR count). The number of carboxylic acid groups (broad SMARTS) is 1. The lowest BCUT2D eigenvalue weighted by Crippen LogP contribution is -2.13. The molecule has 25 heavy (non-hydrogen) atoms. The van der Waals surface area contributed by atoms with E-state index in [-0.39, 0.29) is 33.9 Å². The van der Waals surface area contributed by atoms with E-state index in [4.69, 9.17) is 0 Å². The van der Waals surface area contributed by atoms with Gasteiger partial charge in [-0.05, 0) is 37.3 Å². The Kier molecular flexibility index (Phi) is 3.24. The van der Waals surface area contributed by atoms with Crippen molar-refractivity contribution in [1.82, 2.24) is 14.6 Å². The first kappa shape index (κ1) is 15.5. The van der Waals surface area contributed by atoms with Crippen LogP contribution in [0.15, 0.2) is 23.1 Å². The molecule has 0 bridgehead atoms. The first-order valence-electron chi connectivity index (χ1n) is 7.72. The molecule has 2 aromatic heterocycles. The lowest BCUT2D eigenvalue weighted by molar-refractivity contribution is 0.0689. The molecular formula is C17H13F2N3O3. The molecule has 0 atom stereocenters. The second-order valence-electron chi connectivity index (χ2n) is 6.19. The summed E-state index contributed by atoms with van der Waals surface area (Å²) in [5, 5.41) is 13.3. The fourth-order valence-electron chi connectivity index (χ4n) is 3.01. The number of fused-ring (bicyclic) bond motifs is 1. The number of H-pyrrole nitrogens is 1. The number of aryl methyl sites for hydroxylation is 1. The number of aromatic nitrogens is 3. The Labute approximate surface area is 139 Å². The van der Waals surface area contributed by atoms with Crippen molar-refractivity contribution in [3.63, 3.8) is 0 Å². The van der Waals surface area contributed by atoms with Crippen molar-refractivity contribution in [3.8, 4) is 11.3 Å². The number of halogens is 2. The number of benzene rings is 1. The normalized spacial score (nSPS) is 14.2. The molecule has 8 heteroatoms. The monoisotopic (exact) mass is 345 g/mol. The van der Waals surface area contributed by atoms with Crippen molar-refractivity contribution in [2.45, 2.75) is 25.7 Å². The maximum atomic E-state index is 14.2. The standard InChI is InChI=1S/C17H13F2N3O3/c1-7-2-5-9(13(19)12(7)18)10-6-22-15(16(23)20-10)11(8-3-4-8)14(21-22)17(24)25/h2,5-6,8H,3-4H2,1H3,(H,20,23)(H,24,25). The van der Waals surface area contributed by atoms with Gasteiger partial charge in [0.2, 0.25) is 0 Å². The Balaban J connectivity index is 1.99. The van der Waals surface area contributed by atoms with Gasteiger partial charge in [0.05, 0.1) is 11.9 Å². The molecule has 0 unspecified atom stereocenters. The summed E-state index contributed by atoms with van der Waals surface area (Å²) < 4.78 is 29.2. The van der Waals surface area contributed by atoms with Crippen LogP contribution in [-0.2, 0) is 0 Å². The summed E-state index contributed by atoms with van der Waals surface area (Å²) in [4.78, 5) is 26.4. The molecule has 0 aliphatic heterocycles. The van der Waals surface area contributed by atoms with Gasteiger partial charge in [-0.1, -0.05) is 6.07 Å². The molecular weight excluding hydrogens is 332 g/mol. The minimum absolute atomic E-state index is 0.0101. The van der Waals surface area contributed by atoms with E-state index in [0.29, 0.717) is 5.56 Å². The Morgan fingerprint density at radius 3 is 2.68 bits per heavy atom. The molecule has 3 aromatic rings. The Morgan fingerprint density at radius 1 is 1.32 bits per heavy atom. The lowest BCUT2D eigenvalue weighted by atomic mass is 10.1. The van der Waals surface area contributed by atoms with Gasteiger partial charge in [-0.2, -0.15) is 5.10 Å². The molecule has 1 aliphatic carbocycles. The number of aromatic amines is 1. The molecule has 1 fully saturated rings. The largest absolute Gasteiger partial charge is 0.476 e. The topological polar surface area (TPSA) is 87.5 Å². The van der Waals surface area contributed by atoms with Gasteiger partial charge in [-0.25, -0.2) is 18.1 Å². The molecule has 2 N–H and O–H groups in total. The third kappa shape index (κ3) is 2.33. The molecule has 0 saturated heterocycles. The van der Waals surface area contributed by atoms with Crippen LogP contribution in [0.4, 0.5) is 8.78 Å². The minimum atomic E-state index is -1.22. The van der Waals surface area contributed by atoms with Gasteiger partial charge < -0.3 is 10.1 Å². The van der Waals surface area contributed by atoms with E-state index in [1.54, 1.807) is 0 Å². The number of hydrogen-bond acceptors (Lipinski definition) is 3. The van der Waals surface area contributed by atoms with Crippen LogP contribution in [-0.4, -0.2) is 25.7 Å². The average molecular weight is 345 g/mol. The summed E-state index contributed by atoms with van der Waals surface area (Å²) in [6.07, 6.45) is 2.89. The van der Waals surface area contributed by atoms with E-state index in [1.165, 1.54) is 25.3 Å². The first-order chi connectivity index (χ1) is 11.9. The van der Waals surface area contributed by atoms with Gasteiger partial charge >= 0.3 is 5.97 Å². The molecule has 1 saturated carbocycles. The van der Waals surface area contributed by atoms with Crippen LogP contribution in [0.3, 0.4) is 0 Å². The van der Waals surface area contributed by atoms with Crippen molar-refractivity contribution < 1.29 is 18.7 Å². The second-order valence-corrected chi connectivity index (χ2v) is 6.19. The summed E-state index contributed by atoms with van der Waals surface area (Å²) in [5.74, 6) is -3.31. The second kappa shape index (κ2) is 5.23. The zero-order valence-electron chi connectivity index (χ0n) is 13.1. The first-order valence-corrected chi connectivity index (χ1v) is 7.72. The SMILES string of the molecule is Cc1ccc(-c2cn3nc(C(=O)O)c(C4CC4)c3c(=O)[nH]2)c(F)c1F. The summed E-state index contributed by atoms with van der Waals surface area (Å²) in [6, 6.07) is 2.76. The number of aromatic carboxylic acids is 1. The van der Waals surface area contributed by atoms with E-state index in [9.17, 15) is 23.5 Å². The van der Waals surface area contributed by atoms with Crippen molar-refractivity contribution in [2.75, 3.05) is 0 Å². The molecule has 1 aromatic carbocycles. The van der Waals surface area contributed by atoms with Gasteiger partial charge in [0, 0.05) is 11.1 Å². The Bertz CT molecular complexity index is 1100. The molecule has 128 valence electrons. The zero-order valence-corrected chi connectivity index (χ0v) is 13.1. The van der Waals surface area contributed by atoms with Crippen molar-refractivity contribution in [3.05, 3.63) is 57.1 Å². The van der Waals surface area contributed by atoms with Crippen LogP contribution in [0, 0.1) is 18.6 Å². The predicted molar refractivity (Wildman–Crippen MR) is 84.8 cm³/mol. The predicted octanol–water partition coefficient (Wildman–Crippen LogP) is 2.85. The van der Waals surface area contributed by atoms with Crippen LogP contribution in [0.5, 0.6) is 0 Å². The van der Waals surface area contributed by atoms with Crippen molar-refractivity contribution in [1.29, 1.82) is 0 Å². The van der Waals surface area contributed by atoms with Gasteiger partial charge in [-0.3, -0.25) is 4.79 Å². The highest BCUT2D eigenvalue weighted by atomic mass is 19.2. The van der Waals surface area contributed by atoms with Crippen molar-refractivity contribution in [2.24, 2.45) is 0 Å². The fourth-order valence-corrected chi connectivity index (χ4v) is 3.01. The highest BCUT2D eigenvalue weighted by molar-refractivity contribution is 5.90. The fraction of sp³-hybridized carbons (Fsp3) is 0.235. The molecule has 1 aliphatic rings. The highest BCUT2D eigenvalue weighted by Gasteiger charge is 2.34. The zero-order chi connectivity index (χ0) is 17.9. The number of nitrogens with one attached hydrogen (secondary N) is 1. The van der Waals surface area contributed by atoms with Crippen LogP contribution in [0.25, 0.3) is 16.8 Å². The number of carbonyl (C=O) groups is 1. The van der Waals surface area contributed by atoms with Crippen LogP contribution in [0.2, 0.25) is 0 Å². The van der Waals surface area contributed by atoms with Gasteiger partial charge in [0.1, 0.15) is 5.52 Å². The smallest absolute Gasteiger partial charge is 0.356 e. The van der Waals surface area contributed by atoms with Crippen LogP contribution >= 0.6 is 0 Å². The molecule has 0 amide bonds. The van der Waals surface area contributed by atoms with Crippen LogP contribution < -0.4 is 5.56 Å². The lowest BCUT2D eigenvalue weighted by Gasteiger charge is -2.07. The summed E-state index contributed by atoms with van der Waals surface area (Å²) >= 11 is 0. The Morgan fingerprint density at radius 2 is 2.04 bits per heavy atom. The third-order valence-electron chi connectivity index (χ3n) is 4.42. The highest BCUT2D eigenvalue weighted by Crippen LogP contribution is 2.43. The maximum absolute atomic E-state index is 14.2. The molecule has 0 radical (unpaired) electrons. The number of carboxylic acids is 1. The minimum Gasteiger partial charge on any atom is -0.476 e. The van der Waals surface area contributed by atoms with E-state index >= 15 is 0 Å². The van der Waals surface area contributed by atoms with E-state index < -0.39 is 23.2 Å². The summed E-state index contributed by atoms with van der Waals surface area (Å²) in [6.45, 7) is 1.43. The number of nitrogens with zero attached hydrogens (tertiary/aromatic N) is 2. The quantitative estimate of drug-likeness (QED) is 0.764. The maximum Gasteiger partial charge on any atom is 0.356 e. The molecule has 0 spiro atoms. The van der Waals surface area contributed by atoms with Crippen LogP contribution in [0.1, 0.15) is 40.4 Å². The van der Waals surface area contributed by atoms with Crippen molar-refractivity contribution >= 4 is 11.5 Å². The molecule has 2 heterocycles. The number of hydrogen-bond donors (Lipinski definition) is 2.